The van der Waals surface area contributed by atoms with Gasteiger partial charge in [0.15, 0.2) is 0 Å². The molecule has 9 nitrogen and oxygen atoms in total. The second kappa shape index (κ2) is 10.3. The van der Waals surface area contributed by atoms with E-state index in [9.17, 15) is 4.79 Å². The molecule has 3 aromatic heterocycles. The van der Waals surface area contributed by atoms with E-state index in [1.54, 1.807) is 13.2 Å². The number of fused-ring (bicyclic) bond motifs is 1. The van der Waals surface area contributed by atoms with Crippen molar-refractivity contribution < 1.29 is 9.53 Å². The van der Waals surface area contributed by atoms with Crippen LogP contribution in [-0.4, -0.2) is 58.6 Å². The minimum absolute atomic E-state index is 0.205. The second-order valence-corrected chi connectivity index (χ2v) is 7.77. The predicted octanol–water partition coefficient (Wildman–Crippen LogP) is 2.79. The summed E-state index contributed by atoms with van der Waals surface area (Å²) in [6, 6.07) is 5.67. The van der Waals surface area contributed by atoms with Gasteiger partial charge in [-0.2, -0.15) is 5.10 Å². The van der Waals surface area contributed by atoms with Crippen LogP contribution in [0.2, 0.25) is 0 Å². The first kappa shape index (κ1) is 21.2. The molecule has 0 aliphatic heterocycles. The van der Waals surface area contributed by atoms with E-state index in [4.69, 9.17) is 4.74 Å². The van der Waals surface area contributed by atoms with E-state index < -0.39 is 0 Å². The number of nitrogens with one attached hydrogen (secondary N) is 3. The molecule has 9 heteroatoms. The highest BCUT2D eigenvalue weighted by molar-refractivity contribution is 5.90. The van der Waals surface area contributed by atoms with Gasteiger partial charge in [-0.05, 0) is 31.0 Å². The molecule has 0 atom stereocenters. The van der Waals surface area contributed by atoms with Gasteiger partial charge in [-0.15, -0.1) is 0 Å². The van der Waals surface area contributed by atoms with Gasteiger partial charge in [-0.1, -0.05) is 12.8 Å². The number of hydrogen-bond donors (Lipinski definition) is 3. The Morgan fingerprint density at radius 2 is 2.03 bits per heavy atom. The monoisotopic (exact) mass is 423 g/mol. The number of carbonyl (C=O) groups excluding carboxylic acids is 1. The van der Waals surface area contributed by atoms with Crippen molar-refractivity contribution in [2.24, 2.45) is 0 Å². The van der Waals surface area contributed by atoms with Crippen molar-refractivity contribution in [1.82, 2.24) is 30.4 Å². The number of urea groups is 1. The molecule has 1 saturated carbocycles. The third-order valence-corrected chi connectivity index (χ3v) is 5.44. The van der Waals surface area contributed by atoms with Gasteiger partial charge in [-0.3, -0.25) is 15.0 Å². The number of ether oxygens (including phenoxy) is 1. The van der Waals surface area contributed by atoms with Crippen LogP contribution in [0, 0.1) is 0 Å². The average Bonchev–Trinajstić information content (AvgIpc) is 3.45. The quantitative estimate of drug-likeness (QED) is 0.457. The van der Waals surface area contributed by atoms with Crippen molar-refractivity contribution in [2.75, 3.05) is 32.1 Å². The zero-order valence-electron chi connectivity index (χ0n) is 17.8. The van der Waals surface area contributed by atoms with Crippen LogP contribution >= 0.6 is 0 Å². The molecule has 0 unspecified atom stereocenters. The summed E-state index contributed by atoms with van der Waals surface area (Å²) in [5.74, 6) is 0.514. The van der Waals surface area contributed by atoms with E-state index >= 15 is 0 Å². The number of rotatable bonds is 9. The maximum Gasteiger partial charge on any atom is 0.320 e. The van der Waals surface area contributed by atoms with E-state index in [-0.39, 0.29) is 12.1 Å². The molecule has 31 heavy (non-hydrogen) atoms. The van der Waals surface area contributed by atoms with E-state index in [1.165, 1.54) is 12.8 Å². The van der Waals surface area contributed by atoms with Gasteiger partial charge in [0.25, 0.3) is 0 Å². The Balaban J connectivity index is 1.40. The Bertz CT molecular complexity index is 1010. The molecular formula is C22H29N7O2. The molecular weight excluding hydrogens is 394 g/mol. The van der Waals surface area contributed by atoms with Gasteiger partial charge >= 0.3 is 6.03 Å². The minimum atomic E-state index is -0.205. The molecule has 4 rings (SSSR count). The molecule has 0 aromatic carbocycles. The topological polar surface area (TPSA) is 106 Å². The Hall–Kier alpha value is -3.04. The molecule has 164 valence electrons. The first-order chi connectivity index (χ1) is 15.2. The molecule has 1 aliphatic carbocycles. The largest absolute Gasteiger partial charge is 0.383 e. The SMILES string of the molecule is COCCNCCn1cc(-c2cnc3ccc(NC(=O)NC4CCCC4)nc3c2)cn1. The Morgan fingerprint density at radius 1 is 1.16 bits per heavy atom. The number of pyridine rings is 2. The highest BCUT2D eigenvalue weighted by atomic mass is 16.5. The van der Waals surface area contributed by atoms with Crippen LogP contribution in [0.1, 0.15) is 25.7 Å². The van der Waals surface area contributed by atoms with Crippen molar-refractivity contribution in [3.05, 3.63) is 36.8 Å². The van der Waals surface area contributed by atoms with E-state index in [1.807, 2.05) is 35.4 Å². The molecule has 2 amide bonds. The smallest absolute Gasteiger partial charge is 0.320 e. The fraction of sp³-hybridized carbons (Fsp3) is 0.455. The van der Waals surface area contributed by atoms with Gasteiger partial charge in [0.2, 0.25) is 0 Å². The predicted molar refractivity (Wildman–Crippen MR) is 120 cm³/mol. The molecule has 1 aliphatic rings. The maximum absolute atomic E-state index is 12.2. The lowest BCUT2D eigenvalue weighted by Crippen LogP contribution is -2.36. The summed E-state index contributed by atoms with van der Waals surface area (Å²) >= 11 is 0. The zero-order chi connectivity index (χ0) is 21.5. The van der Waals surface area contributed by atoms with E-state index in [0.29, 0.717) is 12.4 Å². The molecule has 3 heterocycles. The molecule has 0 radical (unpaired) electrons. The van der Waals surface area contributed by atoms with Crippen molar-refractivity contribution in [3.8, 4) is 11.1 Å². The molecule has 0 saturated heterocycles. The Morgan fingerprint density at radius 3 is 2.87 bits per heavy atom. The molecule has 0 bridgehead atoms. The third kappa shape index (κ3) is 5.77. The zero-order valence-corrected chi connectivity index (χ0v) is 17.8. The summed E-state index contributed by atoms with van der Waals surface area (Å²) in [6.45, 7) is 3.10. The lowest BCUT2D eigenvalue weighted by atomic mass is 10.1. The second-order valence-electron chi connectivity index (χ2n) is 7.77. The normalized spacial score (nSPS) is 14.2. The fourth-order valence-corrected chi connectivity index (χ4v) is 3.77. The lowest BCUT2D eigenvalue weighted by Gasteiger charge is -2.12. The van der Waals surface area contributed by atoms with Gasteiger partial charge in [0, 0.05) is 49.8 Å². The number of amides is 2. The first-order valence-corrected chi connectivity index (χ1v) is 10.8. The number of hydrogen-bond acceptors (Lipinski definition) is 6. The standard InChI is InChI=1S/C22H29N7O2/c1-31-11-9-23-8-10-29-15-17(14-25-29)16-12-20-19(24-13-16)6-7-21(27-20)28-22(30)26-18-4-2-3-5-18/h6-7,12-15,18,23H,2-5,8-11H2,1H3,(H2,26,27,28,30). The minimum Gasteiger partial charge on any atom is -0.383 e. The maximum atomic E-state index is 12.2. The first-order valence-electron chi connectivity index (χ1n) is 10.8. The van der Waals surface area contributed by atoms with Crippen LogP contribution in [0.15, 0.2) is 36.8 Å². The summed E-state index contributed by atoms with van der Waals surface area (Å²) in [6.07, 6.45) is 10.1. The lowest BCUT2D eigenvalue weighted by molar-refractivity contribution is 0.199. The molecule has 1 fully saturated rings. The van der Waals surface area contributed by atoms with Crippen LogP contribution in [-0.2, 0) is 11.3 Å². The van der Waals surface area contributed by atoms with Crippen molar-refractivity contribution in [3.63, 3.8) is 0 Å². The number of anilines is 1. The highest BCUT2D eigenvalue weighted by Crippen LogP contribution is 2.23. The van der Waals surface area contributed by atoms with Crippen LogP contribution in [0.4, 0.5) is 10.6 Å². The number of carbonyl (C=O) groups is 1. The summed E-state index contributed by atoms with van der Waals surface area (Å²) in [5, 5.41) is 13.6. The molecule has 3 N–H and O–H groups in total. The molecule has 0 spiro atoms. The van der Waals surface area contributed by atoms with Crippen LogP contribution in [0.3, 0.4) is 0 Å². The van der Waals surface area contributed by atoms with Crippen molar-refractivity contribution in [2.45, 2.75) is 38.3 Å². The third-order valence-electron chi connectivity index (χ3n) is 5.44. The van der Waals surface area contributed by atoms with E-state index in [0.717, 1.165) is 54.6 Å². The number of aromatic nitrogens is 4. The van der Waals surface area contributed by atoms with Gasteiger partial charge in [-0.25, -0.2) is 9.78 Å². The Labute approximate surface area is 181 Å². The van der Waals surface area contributed by atoms with Crippen molar-refractivity contribution >= 4 is 22.9 Å². The summed E-state index contributed by atoms with van der Waals surface area (Å²) in [7, 11) is 1.69. The summed E-state index contributed by atoms with van der Waals surface area (Å²) in [5.41, 5.74) is 3.42. The van der Waals surface area contributed by atoms with Gasteiger partial charge < -0.3 is 15.4 Å². The number of nitrogens with zero attached hydrogens (tertiary/aromatic N) is 4. The van der Waals surface area contributed by atoms with Crippen LogP contribution in [0.5, 0.6) is 0 Å². The average molecular weight is 424 g/mol. The van der Waals surface area contributed by atoms with E-state index in [2.05, 4.69) is 31.0 Å². The fourth-order valence-electron chi connectivity index (χ4n) is 3.77. The van der Waals surface area contributed by atoms with Gasteiger partial charge in [0.05, 0.1) is 30.4 Å². The summed E-state index contributed by atoms with van der Waals surface area (Å²) < 4.78 is 6.93. The number of methoxy groups -OCH3 is 1. The highest BCUT2D eigenvalue weighted by Gasteiger charge is 2.17. The Kier molecular flexibility index (Phi) is 7.06. The van der Waals surface area contributed by atoms with Crippen molar-refractivity contribution in [1.29, 1.82) is 0 Å². The molecule has 3 aromatic rings. The van der Waals surface area contributed by atoms with Crippen LogP contribution < -0.4 is 16.0 Å². The van der Waals surface area contributed by atoms with Gasteiger partial charge in [0.1, 0.15) is 5.82 Å². The van der Waals surface area contributed by atoms with Crippen LogP contribution in [0.25, 0.3) is 22.2 Å². The summed E-state index contributed by atoms with van der Waals surface area (Å²) in [4.78, 5) is 21.3.